The molecule has 1 aliphatic rings. The molecule has 2 heterocycles. The van der Waals surface area contributed by atoms with Gasteiger partial charge in [-0.1, -0.05) is 25.6 Å². The fraction of sp³-hybridized carbons (Fsp3) is 0.522. The minimum Gasteiger partial charge on any atom is -0.464 e. The lowest BCUT2D eigenvalue weighted by Gasteiger charge is -2.11. The van der Waals surface area contributed by atoms with Crippen LogP contribution < -0.4 is 5.32 Å². The molecule has 1 amide bonds. The monoisotopic (exact) mass is 426 g/mol. The van der Waals surface area contributed by atoms with Gasteiger partial charge in [-0.05, 0) is 61.1 Å². The number of thioether (sulfide) groups is 1. The van der Waals surface area contributed by atoms with Crippen LogP contribution in [0.4, 0.5) is 0 Å². The second-order valence-corrected chi connectivity index (χ2v) is 9.24. The van der Waals surface area contributed by atoms with Gasteiger partial charge in [0, 0.05) is 30.5 Å². The zero-order valence-corrected chi connectivity index (χ0v) is 18.8. The molecule has 3 aromatic rings. The normalized spacial score (nSPS) is 13.3. The van der Waals surface area contributed by atoms with Crippen molar-refractivity contribution in [1.29, 1.82) is 0 Å². The zero-order valence-electron chi connectivity index (χ0n) is 18.0. The van der Waals surface area contributed by atoms with Crippen molar-refractivity contribution in [2.75, 3.05) is 12.8 Å². The minimum atomic E-state index is 0.0339. The molecule has 0 bridgehead atoms. The van der Waals surface area contributed by atoms with E-state index in [-0.39, 0.29) is 5.91 Å². The summed E-state index contributed by atoms with van der Waals surface area (Å²) >= 11 is 1.62. The van der Waals surface area contributed by atoms with E-state index in [9.17, 15) is 4.79 Å². The number of aromatic nitrogens is 3. The summed E-state index contributed by atoms with van der Waals surface area (Å²) in [5.41, 5.74) is 4.66. The van der Waals surface area contributed by atoms with Crippen LogP contribution in [0.3, 0.4) is 0 Å². The van der Waals surface area contributed by atoms with Crippen LogP contribution in [-0.2, 0) is 37.0 Å². The quantitative estimate of drug-likeness (QED) is 0.410. The summed E-state index contributed by atoms with van der Waals surface area (Å²) in [7, 11) is 0. The van der Waals surface area contributed by atoms with Gasteiger partial charge in [0.05, 0.1) is 12.7 Å². The molecule has 0 atom stereocenters. The van der Waals surface area contributed by atoms with Crippen molar-refractivity contribution in [2.24, 2.45) is 5.92 Å². The third-order valence-electron chi connectivity index (χ3n) is 5.64. The molecule has 1 aromatic carbocycles. The van der Waals surface area contributed by atoms with Gasteiger partial charge in [-0.3, -0.25) is 4.79 Å². The number of aryl methyl sites for hydroxylation is 3. The lowest BCUT2D eigenvalue weighted by molar-refractivity contribution is -0.120. The molecule has 6 nitrogen and oxygen atoms in total. The molecule has 1 N–H and O–H groups in total. The molecule has 0 aliphatic heterocycles. The van der Waals surface area contributed by atoms with Crippen molar-refractivity contribution in [3.05, 3.63) is 40.9 Å². The number of nitrogens with zero attached hydrogens (tertiary/aromatic N) is 3. The number of benzene rings is 1. The topological polar surface area (TPSA) is 73.0 Å². The first-order valence-corrected chi connectivity index (χ1v) is 12.0. The van der Waals surface area contributed by atoms with Crippen molar-refractivity contribution in [3.63, 3.8) is 0 Å². The van der Waals surface area contributed by atoms with E-state index in [4.69, 9.17) is 4.42 Å². The molecule has 0 fully saturated rings. The first kappa shape index (κ1) is 21.0. The van der Waals surface area contributed by atoms with E-state index < -0.39 is 0 Å². The summed E-state index contributed by atoms with van der Waals surface area (Å²) in [5, 5.41) is 13.7. The van der Waals surface area contributed by atoms with Crippen LogP contribution in [0.1, 0.15) is 49.2 Å². The Hall–Kier alpha value is -2.28. The molecular formula is C23H30N4O2S. The summed E-state index contributed by atoms with van der Waals surface area (Å²) in [6, 6.07) is 4.36. The number of amides is 1. The molecule has 4 rings (SSSR count). The largest absolute Gasteiger partial charge is 0.464 e. The number of carbonyl (C=O) groups excluding carboxylic acids is 1. The molecule has 0 radical (unpaired) electrons. The van der Waals surface area contributed by atoms with Crippen LogP contribution in [0, 0.1) is 5.92 Å². The Kier molecular flexibility index (Phi) is 6.46. The third kappa shape index (κ3) is 4.56. The number of carbonyl (C=O) groups is 1. The molecule has 0 saturated heterocycles. The summed E-state index contributed by atoms with van der Waals surface area (Å²) in [4.78, 5) is 12.5. The van der Waals surface area contributed by atoms with Crippen LogP contribution in [0.25, 0.3) is 11.0 Å². The van der Waals surface area contributed by atoms with E-state index in [1.54, 1.807) is 18.0 Å². The van der Waals surface area contributed by atoms with Gasteiger partial charge in [-0.15, -0.1) is 10.2 Å². The maximum Gasteiger partial charge on any atom is 0.224 e. The molecule has 30 heavy (non-hydrogen) atoms. The van der Waals surface area contributed by atoms with E-state index in [1.807, 2.05) is 6.26 Å². The fourth-order valence-electron chi connectivity index (χ4n) is 4.20. The molecule has 0 saturated carbocycles. The lowest BCUT2D eigenvalue weighted by Crippen LogP contribution is -2.26. The Morgan fingerprint density at radius 1 is 1.27 bits per heavy atom. The smallest absolute Gasteiger partial charge is 0.224 e. The second-order valence-electron chi connectivity index (χ2n) is 8.47. The summed E-state index contributed by atoms with van der Waals surface area (Å²) in [5.74, 6) is 1.57. The van der Waals surface area contributed by atoms with Gasteiger partial charge in [0.2, 0.25) is 5.91 Å². The number of rotatable bonds is 9. The maximum absolute atomic E-state index is 12.5. The summed E-state index contributed by atoms with van der Waals surface area (Å²) < 4.78 is 7.92. The Balaban J connectivity index is 1.30. The highest BCUT2D eigenvalue weighted by Gasteiger charge is 2.17. The van der Waals surface area contributed by atoms with E-state index in [2.05, 4.69) is 46.1 Å². The number of nitrogens with one attached hydrogen (secondary N) is 1. The molecule has 7 heteroatoms. The minimum absolute atomic E-state index is 0.0339. The van der Waals surface area contributed by atoms with Crippen LogP contribution in [-0.4, -0.2) is 33.5 Å². The first-order valence-electron chi connectivity index (χ1n) is 10.8. The van der Waals surface area contributed by atoms with Crippen LogP contribution in [0.5, 0.6) is 0 Å². The summed E-state index contributed by atoms with van der Waals surface area (Å²) in [6.07, 6.45) is 9.23. The van der Waals surface area contributed by atoms with Crippen molar-refractivity contribution in [3.8, 4) is 0 Å². The number of hydrogen-bond donors (Lipinski definition) is 1. The molecular weight excluding hydrogens is 396 g/mol. The highest BCUT2D eigenvalue weighted by atomic mass is 32.2. The van der Waals surface area contributed by atoms with Crippen molar-refractivity contribution >= 4 is 28.6 Å². The van der Waals surface area contributed by atoms with E-state index in [0.29, 0.717) is 18.9 Å². The molecule has 0 spiro atoms. The molecule has 2 aromatic heterocycles. The van der Waals surface area contributed by atoms with Crippen LogP contribution >= 0.6 is 11.8 Å². The Morgan fingerprint density at radius 3 is 2.83 bits per heavy atom. The van der Waals surface area contributed by atoms with Crippen molar-refractivity contribution in [2.45, 2.75) is 64.1 Å². The SMILES string of the molecule is CSc1nnc(CCCNC(=O)Cc2coc3cc4c(cc23)CCC4)n1CC(C)C. The van der Waals surface area contributed by atoms with E-state index in [1.165, 1.54) is 17.5 Å². The first-order chi connectivity index (χ1) is 14.5. The number of hydrogen-bond acceptors (Lipinski definition) is 5. The van der Waals surface area contributed by atoms with Gasteiger partial charge >= 0.3 is 0 Å². The van der Waals surface area contributed by atoms with Gasteiger partial charge in [0.1, 0.15) is 11.4 Å². The highest BCUT2D eigenvalue weighted by Crippen LogP contribution is 2.30. The zero-order chi connectivity index (χ0) is 21.1. The maximum atomic E-state index is 12.5. The highest BCUT2D eigenvalue weighted by molar-refractivity contribution is 7.98. The number of furan rings is 1. The molecule has 160 valence electrons. The van der Waals surface area contributed by atoms with E-state index >= 15 is 0 Å². The van der Waals surface area contributed by atoms with Gasteiger partial charge < -0.3 is 14.3 Å². The average molecular weight is 427 g/mol. The van der Waals surface area contributed by atoms with Gasteiger partial charge in [0.25, 0.3) is 0 Å². The van der Waals surface area contributed by atoms with Gasteiger partial charge in [-0.2, -0.15) is 0 Å². The third-order valence-corrected chi connectivity index (χ3v) is 6.31. The van der Waals surface area contributed by atoms with Crippen molar-refractivity contribution in [1.82, 2.24) is 20.1 Å². The Bertz CT molecular complexity index is 1040. The second kappa shape index (κ2) is 9.25. The fourth-order valence-corrected chi connectivity index (χ4v) is 4.72. The van der Waals surface area contributed by atoms with E-state index in [0.717, 1.165) is 59.7 Å². The van der Waals surface area contributed by atoms with Gasteiger partial charge in [0.15, 0.2) is 5.16 Å². The van der Waals surface area contributed by atoms with Gasteiger partial charge in [-0.25, -0.2) is 0 Å². The lowest BCUT2D eigenvalue weighted by atomic mass is 10.0. The Morgan fingerprint density at radius 2 is 2.07 bits per heavy atom. The number of fused-ring (bicyclic) bond motifs is 2. The predicted octanol–water partition coefficient (Wildman–Crippen LogP) is 4.18. The summed E-state index contributed by atoms with van der Waals surface area (Å²) in [6.45, 7) is 5.94. The Labute approximate surface area is 181 Å². The standard InChI is InChI=1S/C23H30N4O2S/c1-15(2)13-27-21(25-26-23(27)30-3)8-5-9-24-22(28)12-18-14-29-20-11-17-7-4-6-16(17)10-19(18)20/h10-11,14-15H,4-9,12-13H2,1-3H3,(H,24,28). The average Bonchev–Trinajstić information content (AvgIpc) is 3.42. The van der Waals surface area contributed by atoms with Crippen LogP contribution in [0.2, 0.25) is 0 Å². The van der Waals surface area contributed by atoms with Crippen LogP contribution in [0.15, 0.2) is 28.0 Å². The predicted molar refractivity (Wildman–Crippen MR) is 120 cm³/mol. The molecule has 1 aliphatic carbocycles. The van der Waals surface area contributed by atoms with Crippen molar-refractivity contribution < 1.29 is 9.21 Å². The molecule has 0 unspecified atom stereocenters.